The highest BCUT2D eigenvalue weighted by atomic mass is 19.1. The molecule has 0 atom stereocenters. The van der Waals surface area contributed by atoms with Gasteiger partial charge in [-0.2, -0.15) is 0 Å². The summed E-state index contributed by atoms with van der Waals surface area (Å²) in [6.45, 7) is 6.16. The highest BCUT2D eigenvalue weighted by molar-refractivity contribution is 5.89. The van der Waals surface area contributed by atoms with Crippen molar-refractivity contribution in [2.24, 2.45) is 0 Å². The topological polar surface area (TPSA) is 98.3 Å². The van der Waals surface area contributed by atoms with Gasteiger partial charge in [0.05, 0.1) is 16.6 Å². The SMILES string of the molecule is C=CC(=O)NC12CCC(Nc3nc(C)c4c(F)c(-c5ccnc6c5OCCO6)ccc4n3)(CC1)C2. The Morgan fingerprint density at radius 3 is 2.66 bits per heavy atom. The molecule has 8 nitrogen and oxygen atoms in total. The summed E-state index contributed by atoms with van der Waals surface area (Å²) in [4.78, 5) is 25.4. The average Bonchev–Trinajstić information content (AvgIpc) is 3.38. The van der Waals surface area contributed by atoms with E-state index in [9.17, 15) is 4.79 Å². The number of hydrogen-bond acceptors (Lipinski definition) is 7. The Balaban J connectivity index is 1.32. The molecule has 0 saturated heterocycles. The second kappa shape index (κ2) is 7.90. The predicted octanol–water partition coefficient (Wildman–Crippen LogP) is 4.08. The number of anilines is 1. The second-order valence-electron chi connectivity index (χ2n) is 9.70. The Hall–Kier alpha value is -3.75. The van der Waals surface area contributed by atoms with Gasteiger partial charge in [-0.25, -0.2) is 19.3 Å². The lowest BCUT2D eigenvalue weighted by atomic mass is 9.91. The third-order valence-electron chi connectivity index (χ3n) is 7.50. The zero-order valence-corrected chi connectivity index (χ0v) is 19.5. The van der Waals surface area contributed by atoms with Crippen LogP contribution in [0.5, 0.6) is 11.6 Å². The summed E-state index contributed by atoms with van der Waals surface area (Å²) in [7, 11) is 0. The van der Waals surface area contributed by atoms with Crippen molar-refractivity contribution in [2.45, 2.75) is 50.1 Å². The number of carbonyl (C=O) groups is 1. The van der Waals surface area contributed by atoms with Crippen LogP contribution in [-0.2, 0) is 4.79 Å². The van der Waals surface area contributed by atoms with E-state index in [2.05, 4.69) is 32.2 Å². The van der Waals surface area contributed by atoms with E-state index in [4.69, 9.17) is 9.47 Å². The van der Waals surface area contributed by atoms with Gasteiger partial charge in [-0.3, -0.25) is 4.79 Å². The first-order chi connectivity index (χ1) is 16.9. The maximum atomic E-state index is 15.8. The van der Waals surface area contributed by atoms with Crippen LogP contribution in [0.25, 0.3) is 22.0 Å². The van der Waals surface area contributed by atoms with E-state index in [-0.39, 0.29) is 17.0 Å². The number of nitrogens with one attached hydrogen (secondary N) is 2. The molecule has 0 radical (unpaired) electrons. The highest BCUT2D eigenvalue weighted by Gasteiger charge is 2.55. The Morgan fingerprint density at radius 1 is 1.09 bits per heavy atom. The molecule has 3 aromatic rings. The summed E-state index contributed by atoms with van der Waals surface area (Å²) < 4.78 is 27.1. The van der Waals surface area contributed by atoms with Crippen molar-refractivity contribution in [2.75, 3.05) is 18.5 Å². The van der Waals surface area contributed by atoms with Crippen LogP contribution < -0.4 is 20.1 Å². The summed E-state index contributed by atoms with van der Waals surface area (Å²) in [5.74, 6) is 0.753. The first-order valence-electron chi connectivity index (χ1n) is 11.9. The van der Waals surface area contributed by atoms with Crippen LogP contribution >= 0.6 is 0 Å². The minimum absolute atomic E-state index is 0.140. The van der Waals surface area contributed by atoms with E-state index in [1.807, 2.05) is 0 Å². The zero-order chi connectivity index (χ0) is 24.2. The molecule has 2 aliphatic carbocycles. The average molecular weight is 476 g/mol. The molecule has 9 heteroatoms. The number of hydrogen-bond donors (Lipinski definition) is 2. The number of ether oxygens (including phenoxy) is 2. The molecule has 2 aromatic heterocycles. The number of nitrogens with zero attached hydrogens (tertiary/aromatic N) is 3. The van der Waals surface area contributed by atoms with Crippen LogP contribution in [0.4, 0.5) is 10.3 Å². The summed E-state index contributed by atoms with van der Waals surface area (Å²) in [6.07, 6.45) is 7.32. The van der Waals surface area contributed by atoms with Gasteiger partial charge in [0.25, 0.3) is 5.88 Å². The van der Waals surface area contributed by atoms with E-state index >= 15 is 4.39 Å². The molecule has 0 spiro atoms. The van der Waals surface area contributed by atoms with Gasteiger partial charge in [0.2, 0.25) is 11.9 Å². The lowest BCUT2D eigenvalue weighted by Gasteiger charge is -2.29. The normalized spacial score (nSPS) is 24.4. The van der Waals surface area contributed by atoms with Gasteiger partial charge in [-0.15, -0.1) is 0 Å². The van der Waals surface area contributed by atoms with Gasteiger partial charge in [0, 0.05) is 28.4 Å². The fourth-order valence-corrected chi connectivity index (χ4v) is 5.88. The molecule has 2 N–H and O–H groups in total. The van der Waals surface area contributed by atoms with Crippen LogP contribution in [0, 0.1) is 12.7 Å². The molecular formula is C26H26FN5O3. The smallest absolute Gasteiger partial charge is 0.257 e. The van der Waals surface area contributed by atoms with Gasteiger partial charge < -0.3 is 20.1 Å². The summed E-state index contributed by atoms with van der Waals surface area (Å²) >= 11 is 0. The molecule has 2 bridgehead atoms. The van der Waals surface area contributed by atoms with Crippen molar-refractivity contribution in [1.29, 1.82) is 0 Å². The molecule has 180 valence electrons. The maximum Gasteiger partial charge on any atom is 0.257 e. The minimum Gasteiger partial charge on any atom is -0.484 e. The number of aryl methyl sites for hydroxylation is 1. The number of aromatic nitrogens is 3. The van der Waals surface area contributed by atoms with Crippen molar-refractivity contribution in [1.82, 2.24) is 20.3 Å². The highest BCUT2D eigenvalue weighted by Crippen LogP contribution is 2.52. The number of halogens is 1. The number of pyridine rings is 1. The summed E-state index contributed by atoms with van der Waals surface area (Å²) in [5, 5.41) is 7.03. The molecule has 3 heterocycles. The van der Waals surface area contributed by atoms with E-state index in [0.717, 1.165) is 32.1 Å². The van der Waals surface area contributed by atoms with E-state index in [1.54, 1.807) is 31.3 Å². The Morgan fingerprint density at radius 2 is 1.86 bits per heavy atom. The molecule has 2 saturated carbocycles. The number of fused-ring (bicyclic) bond motifs is 4. The van der Waals surface area contributed by atoms with Crippen LogP contribution in [0.2, 0.25) is 0 Å². The number of benzene rings is 1. The summed E-state index contributed by atoms with van der Waals surface area (Å²) in [5.41, 5.74) is 1.67. The van der Waals surface area contributed by atoms with Crippen molar-refractivity contribution in [3.8, 4) is 22.8 Å². The van der Waals surface area contributed by atoms with Gasteiger partial charge in [-0.1, -0.05) is 6.58 Å². The van der Waals surface area contributed by atoms with E-state index in [0.29, 0.717) is 58.5 Å². The molecule has 6 rings (SSSR count). The fourth-order valence-electron chi connectivity index (χ4n) is 5.88. The number of rotatable bonds is 5. The van der Waals surface area contributed by atoms with Crippen molar-refractivity contribution in [3.63, 3.8) is 0 Å². The second-order valence-corrected chi connectivity index (χ2v) is 9.70. The Bertz CT molecular complexity index is 1370. The zero-order valence-electron chi connectivity index (χ0n) is 19.5. The van der Waals surface area contributed by atoms with Crippen molar-refractivity contribution < 1.29 is 18.7 Å². The largest absolute Gasteiger partial charge is 0.484 e. The fraction of sp³-hybridized carbons (Fsp3) is 0.385. The van der Waals surface area contributed by atoms with Crippen LogP contribution in [-0.4, -0.2) is 45.2 Å². The third-order valence-corrected chi connectivity index (χ3v) is 7.50. The Kier molecular flexibility index (Phi) is 4.91. The third kappa shape index (κ3) is 3.57. The molecule has 1 aliphatic heterocycles. The quantitative estimate of drug-likeness (QED) is 0.537. The first-order valence-corrected chi connectivity index (χ1v) is 11.9. The molecule has 1 amide bonds. The van der Waals surface area contributed by atoms with Gasteiger partial charge in [-0.05, 0) is 63.3 Å². The molecule has 3 aliphatic rings. The monoisotopic (exact) mass is 475 g/mol. The predicted molar refractivity (Wildman–Crippen MR) is 129 cm³/mol. The van der Waals surface area contributed by atoms with Gasteiger partial charge in [0.15, 0.2) is 5.75 Å². The maximum absolute atomic E-state index is 15.8. The van der Waals surface area contributed by atoms with Crippen LogP contribution in [0.3, 0.4) is 0 Å². The van der Waals surface area contributed by atoms with Gasteiger partial charge >= 0.3 is 0 Å². The van der Waals surface area contributed by atoms with Crippen LogP contribution in [0.1, 0.15) is 37.8 Å². The van der Waals surface area contributed by atoms with Crippen LogP contribution in [0.15, 0.2) is 37.1 Å². The number of carbonyl (C=O) groups excluding carboxylic acids is 1. The number of amides is 1. The molecular weight excluding hydrogens is 449 g/mol. The first kappa shape index (κ1) is 21.8. The van der Waals surface area contributed by atoms with E-state index < -0.39 is 5.82 Å². The van der Waals surface area contributed by atoms with Crippen molar-refractivity contribution in [3.05, 3.63) is 48.6 Å². The van der Waals surface area contributed by atoms with Gasteiger partial charge in [0.1, 0.15) is 19.0 Å². The standard InChI is InChI=1S/C26H26FN5O3/c1-3-19(33)31-25-7-9-26(14-25,10-8-25)32-24-29-15(2)20-18(30-24)5-4-16(21(20)27)17-6-11-28-23-22(17)34-12-13-35-23/h3-6,11H,1,7-10,12-14H2,2H3,(H,31,33)(H,29,30,32). The molecule has 0 unspecified atom stereocenters. The van der Waals surface area contributed by atoms with E-state index in [1.165, 1.54) is 6.08 Å². The minimum atomic E-state index is -0.403. The molecule has 35 heavy (non-hydrogen) atoms. The van der Waals surface area contributed by atoms with Crippen molar-refractivity contribution >= 4 is 22.8 Å². The lowest BCUT2D eigenvalue weighted by molar-refractivity contribution is -0.118. The molecule has 2 fully saturated rings. The molecule has 1 aromatic carbocycles. The lowest BCUT2D eigenvalue weighted by Crippen LogP contribution is -2.44. The summed E-state index contributed by atoms with van der Waals surface area (Å²) in [6, 6.07) is 5.24. The Labute approximate surface area is 202 Å².